The van der Waals surface area contributed by atoms with Gasteiger partial charge in [0.15, 0.2) is 5.78 Å². The Balaban J connectivity index is 2.28. The van der Waals surface area contributed by atoms with Gasteiger partial charge >= 0.3 is 0 Å². The van der Waals surface area contributed by atoms with Gasteiger partial charge in [-0.3, -0.25) is 4.79 Å². The average molecular weight is 363 g/mol. The molecule has 5 heteroatoms. The highest BCUT2D eigenvalue weighted by Gasteiger charge is 2.09. The minimum atomic E-state index is -0.197. The topological polar surface area (TPSA) is 55.8 Å². The van der Waals surface area contributed by atoms with Crippen LogP contribution in [0, 0.1) is 0 Å². The predicted octanol–water partition coefficient (Wildman–Crippen LogP) is 4.07. The fourth-order valence-electron chi connectivity index (χ4n) is 1.91. The van der Waals surface area contributed by atoms with Gasteiger partial charge in [-0.1, -0.05) is 18.2 Å². The van der Waals surface area contributed by atoms with Gasteiger partial charge in [0, 0.05) is 5.56 Å². The van der Waals surface area contributed by atoms with Crippen LogP contribution in [-0.2, 0) is 0 Å². The van der Waals surface area contributed by atoms with Crippen molar-refractivity contribution >= 4 is 27.8 Å². The Bertz CT molecular complexity index is 697. The van der Waals surface area contributed by atoms with Gasteiger partial charge in [0.2, 0.25) is 0 Å². The monoisotopic (exact) mass is 362 g/mol. The van der Waals surface area contributed by atoms with E-state index in [-0.39, 0.29) is 11.5 Å². The lowest BCUT2D eigenvalue weighted by molar-refractivity contribution is 0.104. The van der Waals surface area contributed by atoms with Crippen LogP contribution in [0.3, 0.4) is 0 Å². The molecule has 0 fully saturated rings. The number of halogens is 1. The molecule has 0 atom stereocenters. The molecule has 2 aromatic rings. The molecule has 0 aliphatic rings. The molecule has 0 unspecified atom stereocenters. The molecular formula is C17H15BrO4. The van der Waals surface area contributed by atoms with Gasteiger partial charge < -0.3 is 14.6 Å². The molecule has 0 spiro atoms. The summed E-state index contributed by atoms with van der Waals surface area (Å²) in [6.07, 6.45) is 3.11. The summed E-state index contributed by atoms with van der Waals surface area (Å²) in [6, 6.07) is 9.80. The van der Waals surface area contributed by atoms with E-state index in [1.807, 2.05) is 0 Å². The van der Waals surface area contributed by atoms with Crippen molar-refractivity contribution < 1.29 is 19.4 Å². The molecule has 22 heavy (non-hydrogen) atoms. The second-order valence-electron chi connectivity index (χ2n) is 4.49. The summed E-state index contributed by atoms with van der Waals surface area (Å²) in [5, 5.41) is 9.40. The van der Waals surface area contributed by atoms with Crippen molar-refractivity contribution in [2.75, 3.05) is 14.2 Å². The highest BCUT2D eigenvalue weighted by Crippen LogP contribution is 2.36. The van der Waals surface area contributed by atoms with E-state index >= 15 is 0 Å². The number of phenols is 1. The third kappa shape index (κ3) is 3.68. The molecule has 0 bridgehead atoms. The molecule has 1 N–H and O–H groups in total. The molecule has 0 heterocycles. The van der Waals surface area contributed by atoms with Crippen molar-refractivity contribution in [2.24, 2.45) is 0 Å². The standard InChI is InChI=1S/C17H15BrO4/c1-21-15-8-11(9-16(22-2)17(15)18)6-7-14(20)12-4-3-5-13(19)10-12/h3-10,19H,1-2H3/b7-6+. The fraction of sp³-hybridized carbons (Fsp3) is 0.118. The van der Waals surface area contributed by atoms with Gasteiger partial charge in [0.25, 0.3) is 0 Å². The zero-order chi connectivity index (χ0) is 16.1. The van der Waals surface area contributed by atoms with Gasteiger partial charge in [0.05, 0.1) is 14.2 Å². The van der Waals surface area contributed by atoms with Crippen LogP contribution in [0.15, 0.2) is 46.9 Å². The van der Waals surface area contributed by atoms with Crippen LogP contribution in [0.4, 0.5) is 0 Å². The predicted molar refractivity (Wildman–Crippen MR) is 88.7 cm³/mol. The molecule has 2 rings (SSSR count). The second-order valence-corrected chi connectivity index (χ2v) is 5.28. The Morgan fingerprint density at radius 3 is 2.32 bits per heavy atom. The first-order valence-corrected chi connectivity index (χ1v) is 7.27. The smallest absolute Gasteiger partial charge is 0.185 e. The SMILES string of the molecule is COc1cc(/C=C/C(=O)c2cccc(O)c2)cc(OC)c1Br. The van der Waals surface area contributed by atoms with Crippen LogP contribution in [0.25, 0.3) is 6.08 Å². The molecule has 0 aliphatic carbocycles. The van der Waals surface area contributed by atoms with Crippen molar-refractivity contribution in [2.45, 2.75) is 0 Å². The van der Waals surface area contributed by atoms with E-state index in [2.05, 4.69) is 15.9 Å². The number of carbonyl (C=O) groups excluding carboxylic acids is 1. The summed E-state index contributed by atoms with van der Waals surface area (Å²) in [5.41, 5.74) is 1.19. The Kier molecular flexibility index (Phi) is 5.22. The number of ketones is 1. The Morgan fingerprint density at radius 2 is 1.77 bits per heavy atom. The molecule has 0 radical (unpaired) electrons. The normalized spacial score (nSPS) is 10.7. The number of rotatable bonds is 5. The van der Waals surface area contributed by atoms with Crippen molar-refractivity contribution in [3.05, 3.63) is 58.1 Å². The van der Waals surface area contributed by atoms with Crippen molar-refractivity contribution in [3.8, 4) is 17.2 Å². The lowest BCUT2D eigenvalue weighted by Gasteiger charge is -2.09. The van der Waals surface area contributed by atoms with Crippen molar-refractivity contribution in [1.29, 1.82) is 0 Å². The average Bonchev–Trinajstić information content (AvgIpc) is 2.53. The van der Waals surface area contributed by atoms with Crippen molar-refractivity contribution in [3.63, 3.8) is 0 Å². The summed E-state index contributed by atoms with van der Waals surface area (Å²) in [5.74, 6) is 1.09. The van der Waals surface area contributed by atoms with Crippen LogP contribution in [-0.4, -0.2) is 25.1 Å². The summed E-state index contributed by atoms with van der Waals surface area (Å²) < 4.78 is 11.2. The third-order valence-electron chi connectivity index (χ3n) is 3.03. The van der Waals surface area contributed by atoms with Gasteiger partial charge in [0.1, 0.15) is 21.7 Å². The summed E-state index contributed by atoms with van der Waals surface area (Å²) in [4.78, 5) is 12.1. The van der Waals surface area contributed by atoms with E-state index in [0.29, 0.717) is 21.5 Å². The van der Waals surface area contributed by atoms with Crippen LogP contribution in [0.1, 0.15) is 15.9 Å². The number of hydrogen-bond acceptors (Lipinski definition) is 4. The summed E-state index contributed by atoms with van der Waals surface area (Å²) in [7, 11) is 3.12. The van der Waals surface area contributed by atoms with Gasteiger partial charge in [-0.05, 0) is 51.8 Å². The Morgan fingerprint density at radius 1 is 1.14 bits per heavy atom. The minimum absolute atomic E-state index is 0.0613. The molecule has 0 aliphatic heterocycles. The zero-order valence-electron chi connectivity index (χ0n) is 12.2. The van der Waals surface area contributed by atoms with E-state index in [9.17, 15) is 9.90 Å². The number of carbonyl (C=O) groups is 1. The molecule has 0 saturated carbocycles. The maximum absolute atomic E-state index is 12.1. The van der Waals surface area contributed by atoms with Crippen LogP contribution < -0.4 is 9.47 Å². The maximum Gasteiger partial charge on any atom is 0.185 e. The van der Waals surface area contributed by atoms with Gasteiger partial charge in [-0.15, -0.1) is 0 Å². The Labute approximate surface area is 137 Å². The van der Waals surface area contributed by atoms with E-state index in [4.69, 9.17) is 9.47 Å². The largest absolute Gasteiger partial charge is 0.508 e. The number of ether oxygens (including phenoxy) is 2. The van der Waals surface area contributed by atoms with Gasteiger partial charge in [-0.25, -0.2) is 0 Å². The van der Waals surface area contributed by atoms with Gasteiger partial charge in [-0.2, -0.15) is 0 Å². The molecule has 0 amide bonds. The highest BCUT2D eigenvalue weighted by molar-refractivity contribution is 9.10. The molecule has 114 valence electrons. The third-order valence-corrected chi connectivity index (χ3v) is 3.81. The van der Waals surface area contributed by atoms with Crippen molar-refractivity contribution in [1.82, 2.24) is 0 Å². The first-order valence-electron chi connectivity index (χ1n) is 6.48. The Hall–Kier alpha value is -2.27. The summed E-state index contributed by atoms with van der Waals surface area (Å²) >= 11 is 3.39. The minimum Gasteiger partial charge on any atom is -0.508 e. The first-order chi connectivity index (χ1) is 10.5. The zero-order valence-corrected chi connectivity index (χ0v) is 13.8. The number of hydrogen-bond donors (Lipinski definition) is 1. The quantitative estimate of drug-likeness (QED) is 0.643. The molecule has 4 nitrogen and oxygen atoms in total. The van der Waals surface area contributed by atoms with E-state index in [0.717, 1.165) is 5.56 Å². The lowest BCUT2D eigenvalue weighted by Crippen LogP contribution is -1.94. The number of benzene rings is 2. The van der Waals surface area contributed by atoms with Crippen LogP contribution in [0.5, 0.6) is 17.2 Å². The molecule has 0 aromatic heterocycles. The fourth-order valence-corrected chi connectivity index (χ4v) is 2.47. The van der Waals surface area contributed by atoms with Crippen LogP contribution in [0.2, 0.25) is 0 Å². The van der Waals surface area contributed by atoms with Crippen LogP contribution >= 0.6 is 15.9 Å². The number of methoxy groups -OCH3 is 2. The molecule has 2 aromatic carbocycles. The second kappa shape index (κ2) is 7.13. The number of aromatic hydroxyl groups is 1. The number of phenolic OH excluding ortho intramolecular Hbond substituents is 1. The summed E-state index contributed by atoms with van der Waals surface area (Å²) in [6.45, 7) is 0. The lowest BCUT2D eigenvalue weighted by atomic mass is 10.1. The number of allylic oxidation sites excluding steroid dienone is 1. The molecular weight excluding hydrogens is 348 g/mol. The van der Waals surface area contributed by atoms with E-state index in [1.54, 1.807) is 44.6 Å². The molecule has 0 saturated heterocycles. The highest BCUT2D eigenvalue weighted by atomic mass is 79.9. The maximum atomic E-state index is 12.1. The van der Waals surface area contributed by atoms with E-state index < -0.39 is 0 Å². The van der Waals surface area contributed by atoms with E-state index in [1.165, 1.54) is 18.2 Å². The first kappa shape index (κ1) is 16.1.